The highest BCUT2D eigenvalue weighted by atomic mass is 16.7. The van der Waals surface area contributed by atoms with Crippen molar-refractivity contribution in [2.24, 2.45) is 0 Å². The Kier molecular flexibility index (Phi) is 5.17. The molecule has 0 spiro atoms. The summed E-state index contributed by atoms with van der Waals surface area (Å²) in [4.78, 5) is 2.45. The van der Waals surface area contributed by atoms with Gasteiger partial charge in [0.2, 0.25) is 0 Å². The van der Waals surface area contributed by atoms with Crippen molar-refractivity contribution in [2.45, 2.75) is 39.6 Å². The van der Waals surface area contributed by atoms with Crippen LogP contribution in [0.2, 0.25) is 0 Å². The first kappa shape index (κ1) is 13.5. The van der Waals surface area contributed by atoms with Crippen LogP contribution in [0, 0.1) is 0 Å². The second-order valence-corrected chi connectivity index (χ2v) is 4.61. The minimum atomic E-state index is -0.0521. The van der Waals surface area contributed by atoms with Crippen molar-refractivity contribution < 1.29 is 9.47 Å². The van der Waals surface area contributed by atoms with Crippen LogP contribution in [0.1, 0.15) is 31.4 Å². The average molecular weight is 249 g/mol. The Labute approximate surface area is 110 Å². The first-order valence-corrected chi connectivity index (χ1v) is 6.85. The Morgan fingerprint density at radius 1 is 1.06 bits per heavy atom. The van der Waals surface area contributed by atoms with Gasteiger partial charge < -0.3 is 9.47 Å². The zero-order chi connectivity index (χ0) is 12.8. The van der Waals surface area contributed by atoms with Crippen LogP contribution in [0.4, 0.5) is 0 Å². The normalized spacial score (nSPS) is 15.3. The molecule has 0 fully saturated rings. The van der Waals surface area contributed by atoms with E-state index in [1.54, 1.807) is 0 Å². The van der Waals surface area contributed by atoms with Crippen molar-refractivity contribution >= 4 is 0 Å². The number of nitrogens with zero attached hydrogens (tertiary/aromatic N) is 1. The van der Waals surface area contributed by atoms with E-state index in [1.165, 1.54) is 11.1 Å². The van der Waals surface area contributed by atoms with Crippen LogP contribution in [-0.2, 0) is 22.6 Å². The standard InChI is InChI=1S/C15H23NO2/c1-3-17-15(18-4-2)9-10-16-11-13-7-5-6-8-14(13)12-16/h5-8,15H,3-4,9-12H2,1-2H3. The minimum Gasteiger partial charge on any atom is -0.353 e. The summed E-state index contributed by atoms with van der Waals surface area (Å²) < 4.78 is 11.1. The molecule has 0 aromatic heterocycles. The predicted molar refractivity (Wildman–Crippen MR) is 72.2 cm³/mol. The second kappa shape index (κ2) is 6.88. The van der Waals surface area contributed by atoms with Gasteiger partial charge in [0.25, 0.3) is 0 Å². The van der Waals surface area contributed by atoms with Crippen LogP contribution in [0.3, 0.4) is 0 Å². The highest BCUT2D eigenvalue weighted by Gasteiger charge is 2.19. The van der Waals surface area contributed by atoms with Gasteiger partial charge in [-0.1, -0.05) is 24.3 Å². The molecule has 1 aromatic carbocycles. The number of hydrogen-bond acceptors (Lipinski definition) is 3. The van der Waals surface area contributed by atoms with Crippen LogP contribution in [0.5, 0.6) is 0 Å². The fourth-order valence-corrected chi connectivity index (χ4v) is 2.44. The van der Waals surface area contributed by atoms with Crippen molar-refractivity contribution in [1.82, 2.24) is 4.90 Å². The summed E-state index contributed by atoms with van der Waals surface area (Å²) >= 11 is 0. The Morgan fingerprint density at radius 3 is 2.11 bits per heavy atom. The van der Waals surface area contributed by atoms with Gasteiger partial charge in [0.05, 0.1) is 0 Å². The Morgan fingerprint density at radius 2 is 1.61 bits per heavy atom. The average Bonchev–Trinajstić information content (AvgIpc) is 2.79. The topological polar surface area (TPSA) is 21.7 Å². The van der Waals surface area contributed by atoms with Crippen LogP contribution < -0.4 is 0 Å². The van der Waals surface area contributed by atoms with Crippen LogP contribution in [-0.4, -0.2) is 30.9 Å². The largest absolute Gasteiger partial charge is 0.353 e. The molecule has 0 saturated carbocycles. The lowest BCUT2D eigenvalue weighted by atomic mass is 10.1. The van der Waals surface area contributed by atoms with E-state index in [0.717, 1.165) is 26.1 Å². The molecule has 2 rings (SSSR count). The maximum atomic E-state index is 5.57. The molecular formula is C15H23NO2. The highest BCUT2D eigenvalue weighted by Crippen LogP contribution is 2.22. The molecule has 100 valence electrons. The van der Waals surface area contributed by atoms with E-state index in [-0.39, 0.29) is 6.29 Å². The Hall–Kier alpha value is -0.900. The van der Waals surface area contributed by atoms with Gasteiger partial charge >= 0.3 is 0 Å². The molecule has 0 N–H and O–H groups in total. The summed E-state index contributed by atoms with van der Waals surface area (Å²) in [6, 6.07) is 8.67. The fraction of sp³-hybridized carbons (Fsp3) is 0.600. The number of rotatable bonds is 7. The second-order valence-electron chi connectivity index (χ2n) is 4.61. The van der Waals surface area contributed by atoms with E-state index >= 15 is 0 Å². The van der Waals surface area contributed by atoms with Gasteiger partial charge in [0, 0.05) is 39.3 Å². The molecule has 0 unspecified atom stereocenters. The number of benzene rings is 1. The maximum absolute atomic E-state index is 5.57. The van der Waals surface area contributed by atoms with E-state index in [2.05, 4.69) is 29.2 Å². The lowest BCUT2D eigenvalue weighted by molar-refractivity contribution is -0.141. The summed E-state index contributed by atoms with van der Waals surface area (Å²) in [5.74, 6) is 0. The van der Waals surface area contributed by atoms with E-state index in [1.807, 2.05) is 13.8 Å². The first-order chi connectivity index (χ1) is 8.83. The summed E-state index contributed by atoms with van der Waals surface area (Å²) in [6.07, 6.45) is 0.888. The van der Waals surface area contributed by atoms with E-state index in [0.29, 0.717) is 13.2 Å². The van der Waals surface area contributed by atoms with Crippen molar-refractivity contribution in [3.05, 3.63) is 35.4 Å². The Balaban J connectivity index is 1.78. The highest BCUT2D eigenvalue weighted by molar-refractivity contribution is 5.30. The van der Waals surface area contributed by atoms with Gasteiger partial charge in [-0.3, -0.25) is 4.90 Å². The zero-order valence-electron chi connectivity index (χ0n) is 11.4. The molecule has 1 aliphatic rings. The maximum Gasteiger partial charge on any atom is 0.158 e. The minimum absolute atomic E-state index is 0.0521. The summed E-state index contributed by atoms with van der Waals surface area (Å²) in [5, 5.41) is 0. The molecule has 0 atom stereocenters. The molecule has 1 aliphatic heterocycles. The van der Waals surface area contributed by atoms with Gasteiger partial charge in [-0.05, 0) is 25.0 Å². The van der Waals surface area contributed by atoms with E-state index < -0.39 is 0 Å². The first-order valence-electron chi connectivity index (χ1n) is 6.85. The molecule has 0 aliphatic carbocycles. The van der Waals surface area contributed by atoms with Crippen LogP contribution in [0.15, 0.2) is 24.3 Å². The SMILES string of the molecule is CCOC(CCN1Cc2ccccc2C1)OCC. The Bertz CT molecular complexity index is 336. The van der Waals surface area contributed by atoms with Crippen molar-refractivity contribution in [3.8, 4) is 0 Å². The third-order valence-electron chi connectivity index (χ3n) is 3.29. The van der Waals surface area contributed by atoms with Crippen molar-refractivity contribution in [1.29, 1.82) is 0 Å². The monoisotopic (exact) mass is 249 g/mol. The molecule has 3 heteroatoms. The number of ether oxygens (including phenoxy) is 2. The summed E-state index contributed by atoms with van der Waals surface area (Å²) in [5.41, 5.74) is 2.92. The summed E-state index contributed by atoms with van der Waals surface area (Å²) in [6.45, 7) is 8.59. The van der Waals surface area contributed by atoms with Gasteiger partial charge in [0.15, 0.2) is 6.29 Å². The van der Waals surface area contributed by atoms with Gasteiger partial charge in [0.1, 0.15) is 0 Å². The predicted octanol–water partition coefficient (Wildman–Crippen LogP) is 2.79. The van der Waals surface area contributed by atoms with Crippen molar-refractivity contribution in [2.75, 3.05) is 19.8 Å². The van der Waals surface area contributed by atoms with Gasteiger partial charge in [-0.15, -0.1) is 0 Å². The molecule has 18 heavy (non-hydrogen) atoms. The molecule has 0 radical (unpaired) electrons. The molecular weight excluding hydrogens is 226 g/mol. The third kappa shape index (κ3) is 3.55. The molecule has 1 heterocycles. The van der Waals surface area contributed by atoms with Crippen LogP contribution >= 0.6 is 0 Å². The molecule has 0 bridgehead atoms. The van der Waals surface area contributed by atoms with E-state index in [4.69, 9.17) is 9.47 Å². The number of hydrogen-bond donors (Lipinski definition) is 0. The molecule has 1 aromatic rings. The molecule has 0 amide bonds. The zero-order valence-corrected chi connectivity index (χ0v) is 11.4. The van der Waals surface area contributed by atoms with Crippen molar-refractivity contribution in [3.63, 3.8) is 0 Å². The quantitative estimate of drug-likeness (QED) is 0.694. The van der Waals surface area contributed by atoms with Crippen LogP contribution in [0.25, 0.3) is 0 Å². The fourth-order valence-electron chi connectivity index (χ4n) is 2.44. The smallest absolute Gasteiger partial charge is 0.158 e. The molecule has 0 saturated heterocycles. The van der Waals surface area contributed by atoms with E-state index in [9.17, 15) is 0 Å². The van der Waals surface area contributed by atoms with Gasteiger partial charge in [-0.25, -0.2) is 0 Å². The summed E-state index contributed by atoms with van der Waals surface area (Å²) in [7, 11) is 0. The third-order valence-corrected chi connectivity index (χ3v) is 3.29. The van der Waals surface area contributed by atoms with Gasteiger partial charge in [-0.2, -0.15) is 0 Å². The number of fused-ring (bicyclic) bond motifs is 1. The lowest BCUT2D eigenvalue weighted by Gasteiger charge is -2.20. The molecule has 3 nitrogen and oxygen atoms in total. The lowest BCUT2D eigenvalue weighted by Crippen LogP contribution is -2.25.